The van der Waals surface area contributed by atoms with Gasteiger partial charge in [0.05, 0.1) is 10.9 Å². The van der Waals surface area contributed by atoms with Crippen molar-refractivity contribution in [3.05, 3.63) is 65.4 Å². The van der Waals surface area contributed by atoms with Crippen LogP contribution in [0.3, 0.4) is 0 Å². The van der Waals surface area contributed by atoms with E-state index in [1.165, 1.54) is 0 Å². The monoisotopic (exact) mass is 353 g/mol. The van der Waals surface area contributed by atoms with Crippen LogP contribution in [0.1, 0.15) is 35.8 Å². The van der Waals surface area contributed by atoms with E-state index < -0.39 is 10.0 Å². The summed E-state index contributed by atoms with van der Waals surface area (Å²) in [4.78, 5) is 0.381. The van der Waals surface area contributed by atoms with Gasteiger partial charge in [0, 0.05) is 23.4 Å². The third-order valence-electron chi connectivity index (χ3n) is 5.50. The number of sulfonamides is 1. The molecular weight excluding hydrogens is 334 g/mol. The van der Waals surface area contributed by atoms with Crippen molar-refractivity contribution in [3.8, 4) is 0 Å². The van der Waals surface area contributed by atoms with E-state index in [1.54, 1.807) is 16.4 Å². The van der Waals surface area contributed by atoms with Crippen LogP contribution < -0.4 is 0 Å². The Morgan fingerprint density at radius 1 is 1.04 bits per heavy atom. The summed E-state index contributed by atoms with van der Waals surface area (Å²) in [6.07, 6.45) is 2.40. The summed E-state index contributed by atoms with van der Waals surface area (Å²) in [6, 6.07) is 14.9. The van der Waals surface area contributed by atoms with Gasteiger partial charge in [-0.1, -0.05) is 35.9 Å². The van der Waals surface area contributed by atoms with Crippen LogP contribution in [0.2, 0.25) is 0 Å². The summed E-state index contributed by atoms with van der Waals surface area (Å²) < 4.78 is 34.4. The minimum Gasteiger partial charge on any atom is -0.461 e. The van der Waals surface area contributed by atoms with Gasteiger partial charge in [0.1, 0.15) is 11.3 Å². The van der Waals surface area contributed by atoms with Gasteiger partial charge in [-0.3, -0.25) is 0 Å². The molecule has 0 amide bonds. The number of nitrogens with zero attached hydrogens (tertiary/aromatic N) is 1. The number of aryl methyl sites for hydroxylation is 1. The van der Waals surface area contributed by atoms with Gasteiger partial charge < -0.3 is 4.42 Å². The quantitative estimate of drug-likeness (QED) is 0.694. The van der Waals surface area contributed by atoms with Crippen LogP contribution in [0, 0.1) is 6.92 Å². The Labute approximate surface area is 147 Å². The summed E-state index contributed by atoms with van der Waals surface area (Å²) >= 11 is 0. The molecule has 1 saturated heterocycles. The lowest BCUT2D eigenvalue weighted by Crippen LogP contribution is -2.41. The average Bonchev–Trinajstić information content (AvgIpc) is 3.13. The van der Waals surface area contributed by atoms with Crippen molar-refractivity contribution in [1.29, 1.82) is 0 Å². The van der Waals surface area contributed by atoms with Crippen molar-refractivity contribution in [3.63, 3.8) is 0 Å². The Kier molecular flexibility index (Phi) is 3.15. The smallest absolute Gasteiger partial charge is 0.243 e. The van der Waals surface area contributed by atoms with Gasteiger partial charge in [-0.2, -0.15) is 4.31 Å². The zero-order chi connectivity index (χ0) is 17.2. The maximum absolute atomic E-state index is 13.3. The zero-order valence-electron chi connectivity index (χ0n) is 14.0. The Morgan fingerprint density at radius 3 is 2.60 bits per heavy atom. The molecule has 3 aromatic rings. The molecule has 5 heteroatoms. The number of rotatable bonds is 2. The molecule has 1 aromatic heterocycles. The molecule has 4 nitrogen and oxygen atoms in total. The molecule has 0 N–H and O–H groups in total. The van der Waals surface area contributed by atoms with Crippen LogP contribution in [0.15, 0.2) is 57.8 Å². The van der Waals surface area contributed by atoms with Crippen molar-refractivity contribution in [2.45, 2.75) is 43.2 Å². The molecule has 128 valence electrons. The molecular formula is C20H19NO3S. The first-order chi connectivity index (χ1) is 12.1. The van der Waals surface area contributed by atoms with E-state index >= 15 is 0 Å². The fourth-order valence-electron chi connectivity index (χ4n) is 4.37. The molecule has 0 unspecified atom stereocenters. The molecule has 0 spiro atoms. The van der Waals surface area contributed by atoms with Gasteiger partial charge in [0.2, 0.25) is 10.0 Å². The standard InChI is InChI=1S/C20H19NO3S/c1-13-6-9-15(10-7-13)25(22,23)21-14-8-11-17(21)20-16-4-2-3-5-18(16)24-19(20)12-14/h2-7,9-10,14,17H,8,11-12H2,1H3/t14-,17+/m0/s1. The van der Waals surface area contributed by atoms with Crippen LogP contribution in [-0.4, -0.2) is 18.8 Å². The molecule has 0 aliphatic carbocycles. The molecule has 3 heterocycles. The molecule has 2 atom stereocenters. The van der Waals surface area contributed by atoms with E-state index in [0.29, 0.717) is 11.3 Å². The second kappa shape index (κ2) is 5.19. The second-order valence-electron chi connectivity index (χ2n) is 7.03. The van der Waals surface area contributed by atoms with Crippen molar-refractivity contribution in [1.82, 2.24) is 4.31 Å². The summed E-state index contributed by atoms with van der Waals surface area (Å²) in [5.41, 5.74) is 2.98. The van der Waals surface area contributed by atoms with Crippen molar-refractivity contribution in [2.75, 3.05) is 0 Å². The summed E-state index contributed by atoms with van der Waals surface area (Å²) in [5.74, 6) is 0.962. The third-order valence-corrected chi connectivity index (χ3v) is 7.48. The molecule has 2 bridgehead atoms. The molecule has 5 rings (SSSR count). The minimum absolute atomic E-state index is 0.00985. The highest BCUT2D eigenvalue weighted by Gasteiger charge is 2.48. The minimum atomic E-state index is -3.51. The van der Waals surface area contributed by atoms with E-state index in [-0.39, 0.29) is 12.1 Å². The van der Waals surface area contributed by atoms with E-state index in [9.17, 15) is 8.42 Å². The average molecular weight is 353 g/mol. The number of benzene rings is 2. The Balaban J connectivity index is 1.66. The highest BCUT2D eigenvalue weighted by molar-refractivity contribution is 7.89. The first-order valence-electron chi connectivity index (χ1n) is 8.66. The highest BCUT2D eigenvalue weighted by Crippen LogP contribution is 2.49. The topological polar surface area (TPSA) is 50.5 Å². The molecule has 0 radical (unpaired) electrons. The predicted molar refractivity (Wildman–Crippen MR) is 95.9 cm³/mol. The van der Waals surface area contributed by atoms with Crippen LogP contribution in [-0.2, 0) is 16.4 Å². The first kappa shape index (κ1) is 15.2. The van der Waals surface area contributed by atoms with Crippen LogP contribution in [0.4, 0.5) is 0 Å². The summed E-state index contributed by atoms with van der Waals surface area (Å²) in [5, 5.41) is 1.05. The maximum atomic E-state index is 13.3. The Hall–Kier alpha value is -2.11. The summed E-state index contributed by atoms with van der Waals surface area (Å²) in [7, 11) is -3.51. The number of para-hydroxylation sites is 1. The second-order valence-corrected chi connectivity index (χ2v) is 8.88. The molecule has 25 heavy (non-hydrogen) atoms. The van der Waals surface area contributed by atoms with Gasteiger partial charge in [-0.15, -0.1) is 0 Å². The van der Waals surface area contributed by atoms with E-state index in [0.717, 1.165) is 40.7 Å². The van der Waals surface area contributed by atoms with Crippen molar-refractivity contribution in [2.24, 2.45) is 0 Å². The van der Waals surface area contributed by atoms with Gasteiger partial charge in [-0.05, 0) is 38.0 Å². The Bertz CT molecular complexity index is 1070. The van der Waals surface area contributed by atoms with Gasteiger partial charge in [0.15, 0.2) is 0 Å². The molecule has 2 aliphatic heterocycles. The fraction of sp³-hybridized carbons (Fsp3) is 0.300. The Morgan fingerprint density at radius 2 is 1.80 bits per heavy atom. The van der Waals surface area contributed by atoms with E-state index in [1.807, 2.05) is 43.3 Å². The lowest BCUT2D eigenvalue weighted by Gasteiger charge is -2.33. The summed E-state index contributed by atoms with van der Waals surface area (Å²) in [6.45, 7) is 1.96. The van der Waals surface area contributed by atoms with Crippen LogP contribution >= 0.6 is 0 Å². The number of hydrogen-bond acceptors (Lipinski definition) is 3. The van der Waals surface area contributed by atoms with E-state index in [4.69, 9.17) is 4.42 Å². The van der Waals surface area contributed by atoms with Gasteiger partial charge in [-0.25, -0.2) is 8.42 Å². The van der Waals surface area contributed by atoms with Crippen LogP contribution in [0.5, 0.6) is 0 Å². The fourth-order valence-corrected chi connectivity index (χ4v) is 6.21. The van der Waals surface area contributed by atoms with Gasteiger partial charge >= 0.3 is 0 Å². The lowest BCUT2D eigenvalue weighted by molar-refractivity contribution is 0.287. The normalized spacial score (nSPS) is 23.1. The first-order valence-corrected chi connectivity index (χ1v) is 10.1. The third kappa shape index (κ3) is 2.12. The van der Waals surface area contributed by atoms with Crippen LogP contribution in [0.25, 0.3) is 11.0 Å². The maximum Gasteiger partial charge on any atom is 0.243 e. The van der Waals surface area contributed by atoms with E-state index in [2.05, 4.69) is 0 Å². The zero-order valence-corrected chi connectivity index (χ0v) is 14.8. The molecule has 2 aromatic carbocycles. The number of hydrogen-bond donors (Lipinski definition) is 0. The molecule has 1 fully saturated rings. The molecule has 0 saturated carbocycles. The predicted octanol–water partition coefficient (Wildman–Crippen LogP) is 4.19. The molecule has 2 aliphatic rings. The lowest BCUT2D eigenvalue weighted by atomic mass is 9.99. The van der Waals surface area contributed by atoms with Gasteiger partial charge in [0.25, 0.3) is 0 Å². The van der Waals surface area contributed by atoms with Crippen molar-refractivity contribution >= 4 is 21.0 Å². The SMILES string of the molecule is Cc1ccc(S(=O)(=O)N2[C@H]3CC[C@@H]2c2c(oc4ccccc24)C3)cc1. The highest BCUT2D eigenvalue weighted by atomic mass is 32.2. The number of fused-ring (bicyclic) bond motifs is 6. The van der Waals surface area contributed by atoms with Crippen molar-refractivity contribution < 1.29 is 12.8 Å². The number of furan rings is 1. The largest absolute Gasteiger partial charge is 0.461 e.